The molecule has 0 radical (unpaired) electrons. The molecule has 0 saturated carbocycles. The largest absolute Gasteiger partial charge is 0.456 e. The molecule has 2 saturated heterocycles. The summed E-state index contributed by atoms with van der Waals surface area (Å²) in [5.74, 6) is -6.09. The van der Waals surface area contributed by atoms with Crippen molar-refractivity contribution in [1.82, 2.24) is 0 Å². The predicted molar refractivity (Wildman–Crippen MR) is 135 cm³/mol. The maximum Gasteiger partial charge on any atom is 0.305 e. The summed E-state index contributed by atoms with van der Waals surface area (Å²) in [6, 6.07) is 0. The van der Waals surface area contributed by atoms with Gasteiger partial charge in [-0.2, -0.15) is 0 Å². The number of esters is 7. The lowest BCUT2D eigenvalue weighted by Crippen LogP contribution is -2.65. The second kappa shape index (κ2) is 16.3. The van der Waals surface area contributed by atoms with E-state index in [-0.39, 0.29) is 0 Å². The van der Waals surface area contributed by atoms with Gasteiger partial charge in [-0.3, -0.25) is 33.6 Å². The van der Waals surface area contributed by atoms with Gasteiger partial charge in [0.2, 0.25) is 12.4 Å². The molecule has 248 valence electrons. The number of aliphatic hydroxyl groups is 1. The summed E-state index contributed by atoms with van der Waals surface area (Å²) in [5, 5.41) is 9.97. The highest BCUT2D eigenvalue weighted by atomic mass is 16.8. The molecule has 18 nitrogen and oxygen atoms in total. The zero-order valence-corrected chi connectivity index (χ0v) is 25.1. The fraction of sp³-hybridized carbons (Fsp3) is 0.731. The van der Waals surface area contributed by atoms with Gasteiger partial charge >= 0.3 is 41.8 Å². The number of hydrogen-bond acceptors (Lipinski definition) is 18. The molecular formula is C26H36O18. The monoisotopic (exact) mass is 636 g/mol. The molecule has 0 aromatic carbocycles. The van der Waals surface area contributed by atoms with Crippen LogP contribution in [-0.4, -0.2) is 122 Å². The standard InChI is InChI=1S/C26H36O18/c1-10(28)36-19-17(8-27)43-25(23(40-14(5)32)21(19)38-12(3)30)35-9-18-20(37-11(2)29)22(39-13(4)31)24(41-15(6)33)26(44-18)42-16(7)34/h17-27H,8-9H2,1-7H3/t17-,18-,19+,20-,21+,22+,23-,24-,25+,26+/m1/s1. The molecule has 44 heavy (non-hydrogen) atoms. The average molecular weight is 637 g/mol. The minimum absolute atomic E-state index is 0.647. The Labute approximate surface area is 251 Å². The molecule has 0 aromatic rings. The molecular weight excluding hydrogens is 600 g/mol. The van der Waals surface area contributed by atoms with E-state index in [0.29, 0.717) is 0 Å². The first-order chi connectivity index (χ1) is 20.5. The number of carbonyl (C=O) groups is 7. The van der Waals surface area contributed by atoms with Crippen LogP contribution in [-0.2, 0) is 80.9 Å². The number of ether oxygens (including phenoxy) is 10. The van der Waals surface area contributed by atoms with Crippen LogP contribution in [0.15, 0.2) is 0 Å². The second-order valence-electron chi connectivity index (χ2n) is 9.66. The Balaban J connectivity index is 2.51. The summed E-state index contributed by atoms with van der Waals surface area (Å²) in [7, 11) is 0. The first-order valence-electron chi connectivity index (χ1n) is 13.3. The number of hydrogen-bond donors (Lipinski definition) is 1. The van der Waals surface area contributed by atoms with Gasteiger partial charge in [0.05, 0.1) is 13.2 Å². The molecule has 18 heteroatoms. The molecule has 1 N–H and O–H groups in total. The quantitative estimate of drug-likeness (QED) is 0.203. The van der Waals surface area contributed by atoms with Crippen LogP contribution in [0.2, 0.25) is 0 Å². The zero-order chi connectivity index (χ0) is 33.3. The van der Waals surface area contributed by atoms with Gasteiger partial charge in [0.1, 0.15) is 12.2 Å². The second-order valence-corrected chi connectivity index (χ2v) is 9.66. The molecule has 10 atom stereocenters. The van der Waals surface area contributed by atoms with Crippen LogP contribution in [0.5, 0.6) is 0 Å². The molecule has 0 aromatic heterocycles. The Kier molecular flexibility index (Phi) is 13.4. The Morgan fingerprint density at radius 2 is 0.773 bits per heavy atom. The van der Waals surface area contributed by atoms with Crippen molar-refractivity contribution in [3.05, 3.63) is 0 Å². The molecule has 2 aliphatic rings. The molecule has 2 heterocycles. The SMILES string of the molecule is CC(=O)O[C@H]1O[C@H](CO[C@H]2O[C@H](CO)[C@H](OC(C)=O)[C@H](OC(C)=O)[C@H]2OC(C)=O)[C@@H](OC(C)=O)[C@H](OC(C)=O)[C@H]1OC(C)=O. The van der Waals surface area contributed by atoms with Gasteiger partial charge in [-0.05, 0) is 0 Å². The van der Waals surface area contributed by atoms with E-state index in [4.69, 9.17) is 47.4 Å². The Morgan fingerprint density at radius 3 is 1.16 bits per heavy atom. The van der Waals surface area contributed by atoms with Gasteiger partial charge in [0.25, 0.3) is 0 Å². The van der Waals surface area contributed by atoms with E-state index in [1.165, 1.54) is 0 Å². The van der Waals surface area contributed by atoms with Crippen molar-refractivity contribution in [1.29, 1.82) is 0 Å². The lowest BCUT2D eigenvalue weighted by Gasteiger charge is -2.46. The van der Waals surface area contributed by atoms with Crippen molar-refractivity contribution in [3.63, 3.8) is 0 Å². The highest BCUT2D eigenvalue weighted by Crippen LogP contribution is 2.33. The third-order valence-corrected chi connectivity index (χ3v) is 5.88. The highest BCUT2D eigenvalue weighted by molar-refractivity contribution is 5.70. The maximum absolute atomic E-state index is 12.1. The molecule has 2 aliphatic heterocycles. The van der Waals surface area contributed by atoms with E-state index in [2.05, 4.69) is 0 Å². The van der Waals surface area contributed by atoms with Gasteiger partial charge in [-0.15, -0.1) is 0 Å². The molecule has 0 aliphatic carbocycles. The third-order valence-electron chi connectivity index (χ3n) is 5.88. The number of aliphatic hydroxyl groups excluding tert-OH is 1. The first kappa shape index (κ1) is 36.3. The topological polar surface area (TPSA) is 232 Å². The molecule has 0 bridgehead atoms. The molecule has 2 fully saturated rings. The predicted octanol–water partition coefficient (Wildman–Crippen LogP) is -1.40. The van der Waals surface area contributed by atoms with Crippen LogP contribution in [0.1, 0.15) is 48.5 Å². The van der Waals surface area contributed by atoms with Crippen LogP contribution in [0.4, 0.5) is 0 Å². The summed E-state index contributed by atoms with van der Waals surface area (Å²) in [6.45, 7) is 5.83. The first-order valence-corrected chi connectivity index (χ1v) is 13.3. The minimum atomic E-state index is -1.69. The Morgan fingerprint density at radius 1 is 0.455 bits per heavy atom. The van der Waals surface area contributed by atoms with Crippen LogP contribution in [0, 0.1) is 0 Å². The van der Waals surface area contributed by atoms with Gasteiger partial charge in [-0.25, -0.2) is 0 Å². The smallest absolute Gasteiger partial charge is 0.305 e. The lowest BCUT2D eigenvalue weighted by atomic mass is 9.97. The van der Waals surface area contributed by atoms with E-state index >= 15 is 0 Å². The van der Waals surface area contributed by atoms with Crippen molar-refractivity contribution >= 4 is 41.8 Å². The van der Waals surface area contributed by atoms with Crippen LogP contribution in [0.3, 0.4) is 0 Å². The van der Waals surface area contributed by atoms with Crippen molar-refractivity contribution in [2.24, 2.45) is 0 Å². The number of rotatable bonds is 11. The van der Waals surface area contributed by atoms with E-state index < -0.39 is 116 Å². The van der Waals surface area contributed by atoms with E-state index in [1.807, 2.05) is 0 Å². The van der Waals surface area contributed by atoms with E-state index in [9.17, 15) is 38.7 Å². The van der Waals surface area contributed by atoms with Crippen molar-refractivity contribution in [3.8, 4) is 0 Å². The maximum atomic E-state index is 12.1. The molecule has 2 rings (SSSR count). The van der Waals surface area contributed by atoms with Gasteiger partial charge in [-0.1, -0.05) is 0 Å². The lowest BCUT2D eigenvalue weighted by molar-refractivity contribution is -0.330. The molecule has 0 spiro atoms. The molecule has 0 amide bonds. The number of carbonyl (C=O) groups excluding carboxylic acids is 7. The van der Waals surface area contributed by atoms with Crippen LogP contribution in [0.25, 0.3) is 0 Å². The summed E-state index contributed by atoms with van der Waals surface area (Å²) < 4.78 is 54.1. The fourth-order valence-corrected chi connectivity index (χ4v) is 4.57. The Bertz CT molecular complexity index is 1090. The van der Waals surface area contributed by atoms with Gasteiger partial charge in [0.15, 0.2) is 36.8 Å². The van der Waals surface area contributed by atoms with E-state index in [1.54, 1.807) is 0 Å². The van der Waals surface area contributed by atoms with Crippen LogP contribution >= 0.6 is 0 Å². The summed E-state index contributed by atoms with van der Waals surface area (Å²) in [4.78, 5) is 83.5. The van der Waals surface area contributed by atoms with Crippen molar-refractivity contribution < 1.29 is 86.0 Å². The fourth-order valence-electron chi connectivity index (χ4n) is 4.57. The minimum Gasteiger partial charge on any atom is -0.456 e. The Hall–Kier alpha value is -3.87. The summed E-state index contributed by atoms with van der Waals surface area (Å²) in [6.07, 6.45) is -15.4. The average Bonchev–Trinajstić information content (AvgIpc) is 2.87. The van der Waals surface area contributed by atoms with E-state index in [0.717, 1.165) is 48.5 Å². The van der Waals surface area contributed by atoms with Crippen LogP contribution < -0.4 is 0 Å². The van der Waals surface area contributed by atoms with Crippen molar-refractivity contribution in [2.45, 2.75) is 110 Å². The zero-order valence-electron chi connectivity index (χ0n) is 25.1. The van der Waals surface area contributed by atoms with Gasteiger partial charge < -0.3 is 52.5 Å². The highest BCUT2D eigenvalue weighted by Gasteiger charge is 2.55. The van der Waals surface area contributed by atoms with Gasteiger partial charge in [0, 0.05) is 48.5 Å². The molecule has 0 unspecified atom stereocenters. The van der Waals surface area contributed by atoms with Crippen molar-refractivity contribution in [2.75, 3.05) is 13.2 Å². The summed E-state index contributed by atoms with van der Waals surface area (Å²) in [5.41, 5.74) is 0. The normalized spacial score (nSPS) is 31.5. The summed E-state index contributed by atoms with van der Waals surface area (Å²) >= 11 is 0. The third kappa shape index (κ3) is 10.4.